The number of aliphatic carboxylic acids is 1. The third kappa shape index (κ3) is 7.24. The van der Waals surface area contributed by atoms with Gasteiger partial charge in [0.1, 0.15) is 11.6 Å². The fraction of sp³-hybridized carbons (Fsp3) is 0.125. The minimum atomic E-state index is -4.43. The zero-order valence-corrected chi connectivity index (χ0v) is 20.4. The maximum Gasteiger partial charge on any atom is 0.411 e. The molecule has 13 heteroatoms. The Balaban J connectivity index is 1.62. The third-order valence-corrected chi connectivity index (χ3v) is 7.35. The normalized spacial score (nSPS) is 11.9. The lowest BCUT2D eigenvalue weighted by molar-refractivity contribution is -0.136. The average Bonchev–Trinajstić information content (AvgIpc) is 2.84. The van der Waals surface area contributed by atoms with Gasteiger partial charge in [-0.05, 0) is 60.7 Å². The first kappa shape index (κ1) is 27.6. The van der Waals surface area contributed by atoms with E-state index in [0.717, 1.165) is 24.3 Å². The van der Waals surface area contributed by atoms with Crippen LogP contribution in [0.2, 0.25) is 5.02 Å². The number of sulfone groups is 1. The lowest BCUT2D eigenvalue weighted by Crippen LogP contribution is -2.32. The fourth-order valence-corrected chi connectivity index (χ4v) is 4.75. The number of carboxylic acids is 1. The van der Waals surface area contributed by atoms with Crippen LogP contribution in [0.25, 0.3) is 0 Å². The highest BCUT2D eigenvalue weighted by Gasteiger charge is 2.34. The van der Waals surface area contributed by atoms with Crippen molar-refractivity contribution in [2.45, 2.75) is 16.6 Å². The highest BCUT2D eigenvalue weighted by Crippen LogP contribution is 2.21. The molecule has 0 radical (unpaired) electrons. The average molecular weight is 553 g/mol. The third-order valence-electron chi connectivity index (χ3n) is 4.98. The van der Waals surface area contributed by atoms with Crippen molar-refractivity contribution < 1.29 is 41.4 Å². The molecule has 9 nitrogen and oxygen atoms in total. The van der Waals surface area contributed by atoms with Crippen molar-refractivity contribution in [2.24, 2.45) is 0 Å². The van der Waals surface area contributed by atoms with Gasteiger partial charge in [-0.2, -0.15) is 0 Å². The van der Waals surface area contributed by atoms with Gasteiger partial charge < -0.3 is 15.2 Å². The number of carbonyl (C=O) groups is 3. The first-order chi connectivity index (χ1) is 17.5. The van der Waals surface area contributed by atoms with E-state index in [2.05, 4.69) is 5.32 Å². The zero-order valence-electron chi connectivity index (χ0n) is 18.8. The summed E-state index contributed by atoms with van der Waals surface area (Å²) in [6.07, 6.45) is -1.81. The second-order valence-corrected chi connectivity index (χ2v) is 10.1. The molecule has 0 aliphatic carbocycles. The Morgan fingerprint density at radius 1 is 0.946 bits per heavy atom. The van der Waals surface area contributed by atoms with Gasteiger partial charge in [0.2, 0.25) is 0 Å². The summed E-state index contributed by atoms with van der Waals surface area (Å²) in [5.74, 6) is -4.13. The minimum absolute atomic E-state index is 0.119. The number of amides is 2. The molecular formula is C24H19ClF2N2O7S. The maximum absolute atomic E-state index is 13.6. The first-order valence-electron chi connectivity index (χ1n) is 10.5. The van der Waals surface area contributed by atoms with E-state index < -0.39 is 57.7 Å². The minimum Gasteiger partial charge on any atom is -0.480 e. The van der Waals surface area contributed by atoms with Crippen LogP contribution in [0.4, 0.5) is 25.0 Å². The number of ether oxygens (including phenoxy) is 1. The molecule has 0 aromatic heterocycles. The molecule has 0 fully saturated rings. The van der Waals surface area contributed by atoms with Gasteiger partial charge in [0.25, 0.3) is 5.91 Å². The predicted molar refractivity (Wildman–Crippen MR) is 130 cm³/mol. The number of carboxylic acid groups (broad SMARTS) is 1. The Morgan fingerprint density at radius 3 is 2.19 bits per heavy atom. The van der Waals surface area contributed by atoms with Crippen LogP contribution in [0.5, 0.6) is 0 Å². The highest BCUT2D eigenvalue weighted by atomic mass is 35.5. The Kier molecular flexibility index (Phi) is 8.79. The number of halogens is 3. The second kappa shape index (κ2) is 11.8. The van der Waals surface area contributed by atoms with E-state index >= 15 is 0 Å². The van der Waals surface area contributed by atoms with E-state index in [4.69, 9.17) is 16.3 Å². The SMILES string of the molecule is O=C(Nc1ccc(F)cc1F)OCCC(C(=O)O)S(=O)(=O)c1ccc(C(=O)Nc2ccc(Cl)cc2)cc1. The Labute approximate surface area is 214 Å². The molecule has 194 valence electrons. The van der Waals surface area contributed by atoms with E-state index in [1.54, 1.807) is 24.3 Å². The fourth-order valence-electron chi connectivity index (χ4n) is 3.10. The predicted octanol–water partition coefficient (Wildman–Crippen LogP) is 4.74. The van der Waals surface area contributed by atoms with Gasteiger partial charge in [0.05, 0.1) is 17.2 Å². The van der Waals surface area contributed by atoms with Crippen molar-refractivity contribution in [2.75, 3.05) is 17.2 Å². The summed E-state index contributed by atoms with van der Waals surface area (Å²) in [5.41, 5.74) is 0.200. The van der Waals surface area contributed by atoms with Gasteiger partial charge in [-0.3, -0.25) is 14.9 Å². The summed E-state index contributed by atoms with van der Waals surface area (Å²) < 4.78 is 57.1. The summed E-state index contributed by atoms with van der Waals surface area (Å²) in [6.45, 7) is -0.633. The summed E-state index contributed by atoms with van der Waals surface area (Å²) in [7, 11) is -4.43. The van der Waals surface area contributed by atoms with Gasteiger partial charge in [-0.1, -0.05) is 11.6 Å². The van der Waals surface area contributed by atoms with Crippen LogP contribution in [0, 0.1) is 11.6 Å². The molecule has 0 heterocycles. The molecule has 3 aromatic carbocycles. The molecule has 1 atom stereocenters. The Morgan fingerprint density at radius 2 is 1.59 bits per heavy atom. The zero-order chi connectivity index (χ0) is 27.2. The Hall–Kier alpha value is -4.03. The maximum atomic E-state index is 13.6. The van der Waals surface area contributed by atoms with Crippen LogP contribution >= 0.6 is 11.6 Å². The van der Waals surface area contributed by atoms with Crippen molar-refractivity contribution in [3.8, 4) is 0 Å². The molecule has 3 aromatic rings. The van der Waals surface area contributed by atoms with Gasteiger partial charge in [0, 0.05) is 28.8 Å². The molecule has 2 amide bonds. The molecule has 0 aliphatic rings. The van der Waals surface area contributed by atoms with Crippen molar-refractivity contribution in [3.05, 3.63) is 89.0 Å². The molecule has 0 saturated carbocycles. The molecule has 37 heavy (non-hydrogen) atoms. The van der Waals surface area contributed by atoms with Gasteiger partial charge in [0.15, 0.2) is 15.1 Å². The monoisotopic (exact) mass is 552 g/mol. The number of benzene rings is 3. The smallest absolute Gasteiger partial charge is 0.411 e. The molecule has 0 spiro atoms. The van der Waals surface area contributed by atoms with Gasteiger partial charge in [-0.15, -0.1) is 0 Å². The van der Waals surface area contributed by atoms with Gasteiger partial charge >= 0.3 is 12.1 Å². The van der Waals surface area contributed by atoms with Crippen LogP contribution < -0.4 is 10.6 Å². The molecular weight excluding hydrogens is 534 g/mol. The highest BCUT2D eigenvalue weighted by molar-refractivity contribution is 7.92. The number of nitrogens with one attached hydrogen (secondary N) is 2. The summed E-state index contributed by atoms with van der Waals surface area (Å²) in [4.78, 5) is 35.5. The van der Waals surface area contributed by atoms with E-state index in [-0.39, 0.29) is 16.1 Å². The van der Waals surface area contributed by atoms with Crippen LogP contribution in [0.15, 0.2) is 71.6 Å². The van der Waals surface area contributed by atoms with Crippen molar-refractivity contribution in [1.29, 1.82) is 0 Å². The number of hydrogen-bond acceptors (Lipinski definition) is 6. The van der Waals surface area contributed by atoms with E-state index in [0.29, 0.717) is 16.8 Å². The quantitative estimate of drug-likeness (QED) is 0.348. The lowest BCUT2D eigenvalue weighted by Gasteiger charge is -2.14. The van der Waals surface area contributed by atoms with E-state index in [9.17, 15) is 36.7 Å². The number of anilines is 2. The molecule has 0 bridgehead atoms. The lowest BCUT2D eigenvalue weighted by atomic mass is 10.2. The van der Waals surface area contributed by atoms with Crippen LogP contribution in [0.3, 0.4) is 0 Å². The van der Waals surface area contributed by atoms with Gasteiger partial charge in [-0.25, -0.2) is 22.0 Å². The molecule has 1 unspecified atom stereocenters. The second-order valence-electron chi connectivity index (χ2n) is 7.53. The largest absolute Gasteiger partial charge is 0.480 e. The Bertz CT molecular complexity index is 1420. The summed E-state index contributed by atoms with van der Waals surface area (Å²) in [5, 5.41) is 12.6. The van der Waals surface area contributed by atoms with Crippen molar-refractivity contribution in [1.82, 2.24) is 0 Å². The molecule has 0 saturated heterocycles. The number of hydrogen-bond donors (Lipinski definition) is 3. The topological polar surface area (TPSA) is 139 Å². The summed E-state index contributed by atoms with van der Waals surface area (Å²) in [6, 6.07) is 13.3. The van der Waals surface area contributed by atoms with E-state index in [1.807, 2.05) is 5.32 Å². The molecule has 0 aliphatic heterocycles. The molecule has 3 N–H and O–H groups in total. The van der Waals surface area contributed by atoms with E-state index in [1.165, 1.54) is 12.1 Å². The first-order valence-corrected chi connectivity index (χ1v) is 12.4. The number of rotatable bonds is 9. The number of carbonyl (C=O) groups excluding carboxylic acids is 2. The standard InChI is InChI=1S/C24H19ClF2N2O7S/c25-15-3-6-17(7-4-15)28-22(30)14-1-8-18(9-2-14)37(34,35)21(23(31)32)11-12-36-24(33)29-20-10-5-16(26)13-19(20)27/h1-10,13,21H,11-12H2,(H,28,30)(H,29,33)(H,31,32). The van der Waals surface area contributed by atoms with Crippen LogP contribution in [-0.4, -0.2) is 43.4 Å². The van der Waals surface area contributed by atoms with Crippen molar-refractivity contribution >= 4 is 50.8 Å². The molecule has 3 rings (SSSR count). The van der Waals surface area contributed by atoms with Crippen LogP contribution in [-0.2, 0) is 19.4 Å². The van der Waals surface area contributed by atoms with Crippen molar-refractivity contribution in [3.63, 3.8) is 0 Å². The van der Waals surface area contributed by atoms with Crippen LogP contribution in [0.1, 0.15) is 16.8 Å². The summed E-state index contributed by atoms with van der Waals surface area (Å²) >= 11 is 5.80.